The van der Waals surface area contributed by atoms with Crippen LogP contribution in [0.25, 0.3) is 11.4 Å². The number of rotatable bonds is 2. The van der Waals surface area contributed by atoms with Crippen molar-refractivity contribution in [1.82, 2.24) is 13.7 Å². The van der Waals surface area contributed by atoms with Gasteiger partial charge in [-0.3, -0.25) is 0 Å². The number of hydrogen-bond donors (Lipinski definition) is 0. The van der Waals surface area contributed by atoms with E-state index >= 15 is 0 Å². The number of nitrogens with zero attached hydrogens (tertiary/aromatic N) is 6. The Labute approximate surface area is 137 Å². The van der Waals surface area contributed by atoms with Gasteiger partial charge in [0.15, 0.2) is 11.6 Å². The molecule has 8 nitrogen and oxygen atoms in total. The Kier molecular flexibility index (Phi) is 3.95. The van der Waals surface area contributed by atoms with Gasteiger partial charge in [-0.25, -0.2) is 4.98 Å². The number of nitriles is 1. The molecule has 4 aliphatic rings. The van der Waals surface area contributed by atoms with Crippen LogP contribution in [0.3, 0.4) is 0 Å². The third kappa shape index (κ3) is 2.59. The molecule has 0 aromatic heterocycles. The second-order valence-corrected chi connectivity index (χ2v) is 5.94. The minimum atomic E-state index is 0.566. The first-order valence-electron chi connectivity index (χ1n) is 7.60. The number of hydrogen-bond acceptors (Lipinski definition) is 9. The molecule has 4 heterocycles. The fourth-order valence-corrected chi connectivity index (χ4v) is 3.49. The molecular formula is C14H16N6O2S. The van der Waals surface area contributed by atoms with E-state index in [1.54, 1.807) is 0 Å². The van der Waals surface area contributed by atoms with Gasteiger partial charge in [-0.1, -0.05) is 0 Å². The van der Waals surface area contributed by atoms with E-state index in [-0.39, 0.29) is 0 Å². The normalized spacial score (nSPS) is 19.1. The zero-order chi connectivity index (χ0) is 15.6. The summed E-state index contributed by atoms with van der Waals surface area (Å²) < 4.78 is 19.6. The Morgan fingerprint density at radius 1 is 0.913 bits per heavy atom. The van der Waals surface area contributed by atoms with Crippen LogP contribution in [-0.4, -0.2) is 66.3 Å². The Balaban J connectivity index is 1.80. The van der Waals surface area contributed by atoms with Crippen LogP contribution in [0.1, 0.15) is 5.56 Å². The van der Waals surface area contributed by atoms with E-state index in [2.05, 4.69) is 29.6 Å². The predicted molar refractivity (Wildman–Crippen MR) is 85.1 cm³/mol. The van der Waals surface area contributed by atoms with Crippen LogP contribution in [0.5, 0.6) is 0 Å². The Hall–Kier alpha value is -2.02. The maximum Gasteiger partial charge on any atom is 0.180 e. The van der Waals surface area contributed by atoms with Crippen LogP contribution in [0.15, 0.2) is 0 Å². The van der Waals surface area contributed by atoms with E-state index in [4.69, 9.17) is 9.47 Å². The van der Waals surface area contributed by atoms with E-state index in [1.807, 2.05) is 0 Å². The summed E-state index contributed by atoms with van der Waals surface area (Å²) in [6, 6.07) is 2.32. The number of morpholine rings is 2. The van der Waals surface area contributed by atoms with Gasteiger partial charge in [0.1, 0.15) is 17.5 Å². The molecule has 0 saturated carbocycles. The molecule has 2 fully saturated rings. The highest BCUT2D eigenvalue weighted by Crippen LogP contribution is 2.38. The minimum Gasteiger partial charge on any atom is -0.378 e. The number of fused-ring (bicyclic) bond motifs is 1. The van der Waals surface area contributed by atoms with Crippen LogP contribution < -0.4 is 9.80 Å². The van der Waals surface area contributed by atoms with Crippen molar-refractivity contribution in [3.63, 3.8) is 0 Å². The predicted octanol–water partition coefficient (Wildman–Crippen LogP) is 0.583. The molecule has 4 aliphatic heterocycles. The fourth-order valence-electron chi connectivity index (χ4n) is 2.96. The molecule has 0 aromatic carbocycles. The van der Waals surface area contributed by atoms with Gasteiger partial charge in [-0.05, 0) is 0 Å². The van der Waals surface area contributed by atoms with Crippen LogP contribution in [0.2, 0.25) is 0 Å². The lowest BCUT2D eigenvalue weighted by atomic mass is 10.1. The molecule has 0 aromatic rings. The van der Waals surface area contributed by atoms with Crippen molar-refractivity contribution in [3.05, 3.63) is 5.56 Å². The Morgan fingerprint density at radius 3 is 2.13 bits per heavy atom. The van der Waals surface area contributed by atoms with E-state index in [0.717, 1.165) is 49.3 Å². The van der Waals surface area contributed by atoms with Crippen molar-refractivity contribution in [3.8, 4) is 17.5 Å². The van der Waals surface area contributed by atoms with Gasteiger partial charge in [0.25, 0.3) is 0 Å². The fraction of sp³-hybridized carbons (Fsp3) is 0.571. The first-order valence-corrected chi connectivity index (χ1v) is 8.33. The van der Waals surface area contributed by atoms with Crippen molar-refractivity contribution >= 4 is 23.4 Å². The molecule has 2 saturated heterocycles. The van der Waals surface area contributed by atoms with E-state index < -0.39 is 0 Å². The SMILES string of the molecule is N#Cc1c(N2CCOCC2)nc2nsnc(N3CCOCC3)c1-2. The molecule has 4 rings (SSSR count). The lowest BCUT2D eigenvalue weighted by Gasteiger charge is -2.28. The lowest BCUT2D eigenvalue weighted by Crippen LogP contribution is -2.37. The van der Waals surface area contributed by atoms with Crippen LogP contribution in [0, 0.1) is 11.3 Å². The van der Waals surface area contributed by atoms with Crippen LogP contribution >= 0.6 is 11.7 Å². The summed E-state index contributed by atoms with van der Waals surface area (Å²) in [6.07, 6.45) is 0. The Bertz CT molecular complexity index is 702. The quantitative estimate of drug-likeness (QED) is 0.789. The Morgan fingerprint density at radius 2 is 1.52 bits per heavy atom. The molecule has 0 unspecified atom stereocenters. The molecule has 0 amide bonds. The standard InChI is InChI=1S/C14H16N6O2S/c15-9-10-11-12(16-13(10)19-1-5-21-6-2-19)17-23-18-14(11)20-3-7-22-8-4-20/h1-8H2. The first-order chi connectivity index (χ1) is 11.4. The zero-order valence-corrected chi connectivity index (χ0v) is 13.4. The van der Waals surface area contributed by atoms with E-state index in [0.29, 0.717) is 43.6 Å². The summed E-state index contributed by atoms with van der Waals surface area (Å²) in [5.41, 5.74) is 1.32. The van der Waals surface area contributed by atoms with Crippen molar-refractivity contribution in [2.45, 2.75) is 0 Å². The van der Waals surface area contributed by atoms with Gasteiger partial charge in [0.2, 0.25) is 0 Å². The molecule has 0 N–H and O–H groups in total. The smallest absolute Gasteiger partial charge is 0.180 e. The monoisotopic (exact) mass is 332 g/mol. The summed E-state index contributed by atoms with van der Waals surface area (Å²) in [5, 5.41) is 9.72. The molecule has 0 radical (unpaired) electrons. The topological polar surface area (TPSA) is 87.4 Å². The van der Waals surface area contributed by atoms with Gasteiger partial charge < -0.3 is 19.3 Å². The molecule has 23 heavy (non-hydrogen) atoms. The molecule has 120 valence electrons. The molecule has 0 aliphatic carbocycles. The van der Waals surface area contributed by atoms with Gasteiger partial charge >= 0.3 is 0 Å². The second-order valence-electron chi connectivity index (χ2n) is 5.41. The highest BCUT2D eigenvalue weighted by molar-refractivity contribution is 6.99. The number of ether oxygens (including phenoxy) is 2. The van der Waals surface area contributed by atoms with Crippen molar-refractivity contribution < 1.29 is 9.47 Å². The summed E-state index contributed by atoms with van der Waals surface area (Å²) in [4.78, 5) is 8.86. The second kappa shape index (κ2) is 6.23. The maximum absolute atomic E-state index is 9.72. The zero-order valence-electron chi connectivity index (χ0n) is 12.6. The summed E-state index contributed by atoms with van der Waals surface area (Å²) >= 11 is 1.13. The van der Waals surface area contributed by atoms with Gasteiger partial charge in [0, 0.05) is 26.2 Å². The number of aromatic nitrogens is 3. The van der Waals surface area contributed by atoms with Crippen LogP contribution in [-0.2, 0) is 9.47 Å². The average molecular weight is 332 g/mol. The third-order valence-electron chi connectivity index (χ3n) is 4.12. The van der Waals surface area contributed by atoms with Crippen molar-refractivity contribution in [2.24, 2.45) is 0 Å². The molecule has 0 spiro atoms. The number of anilines is 2. The van der Waals surface area contributed by atoms with Gasteiger partial charge in [-0.15, -0.1) is 0 Å². The van der Waals surface area contributed by atoms with E-state index in [9.17, 15) is 5.26 Å². The summed E-state index contributed by atoms with van der Waals surface area (Å²) in [6.45, 7) is 5.65. The molecular weight excluding hydrogens is 316 g/mol. The molecule has 9 heteroatoms. The summed E-state index contributed by atoms with van der Waals surface area (Å²) in [7, 11) is 0. The highest BCUT2D eigenvalue weighted by atomic mass is 32.1. The van der Waals surface area contributed by atoms with Crippen molar-refractivity contribution in [1.29, 1.82) is 5.26 Å². The van der Waals surface area contributed by atoms with Gasteiger partial charge in [0.05, 0.1) is 43.7 Å². The maximum atomic E-state index is 9.72. The summed E-state index contributed by atoms with van der Waals surface area (Å²) in [5.74, 6) is 2.10. The molecule has 0 atom stereocenters. The van der Waals surface area contributed by atoms with Crippen LogP contribution in [0.4, 0.5) is 11.6 Å². The highest BCUT2D eigenvalue weighted by Gasteiger charge is 2.30. The van der Waals surface area contributed by atoms with E-state index in [1.165, 1.54) is 0 Å². The first kappa shape index (κ1) is 14.6. The average Bonchev–Trinajstić information content (AvgIpc) is 3.02. The van der Waals surface area contributed by atoms with Gasteiger partial charge in [-0.2, -0.15) is 14.0 Å². The van der Waals surface area contributed by atoms with Crippen molar-refractivity contribution in [2.75, 3.05) is 62.4 Å². The minimum absolute atomic E-state index is 0.566. The lowest BCUT2D eigenvalue weighted by molar-refractivity contribution is 0.122. The largest absolute Gasteiger partial charge is 0.378 e. The third-order valence-corrected chi connectivity index (χ3v) is 4.63. The molecule has 0 bridgehead atoms.